The van der Waals surface area contributed by atoms with Gasteiger partial charge in [-0.3, -0.25) is 4.79 Å². The van der Waals surface area contributed by atoms with Gasteiger partial charge in [0.15, 0.2) is 0 Å². The summed E-state index contributed by atoms with van der Waals surface area (Å²) >= 11 is 0. The smallest absolute Gasteiger partial charge is 0.349 e. The molecule has 1 amide bonds. The molecule has 0 radical (unpaired) electrons. The molecule has 2 aromatic carbocycles. The van der Waals surface area contributed by atoms with Gasteiger partial charge in [-0.2, -0.15) is 4.98 Å². The average molecular weight is 442 g/mol. The van der Waals surface area contributed by atoms with Crippen molar-refractivity contribution >= 4 is 22.6 Å². The molecule has 166 valence electrons. The lowest BCUT2D eigenvalue weighted by Crippen LogP contribution is -2.49. The molecule has 3 heterocycles. The quantitative estimate of drug-likeness (QED) is 0.445. The lowest BCUT2D eigenvalue weighted by molar-refractivity contribution is 0.0742. The molecule has 2 aromatic heterocycles. The van der Waals surface area contributed by atoms with E-state index in [2.05, 4.69) is 15.0 Å². The largest absolute Gasteiger partial charge is 0.422 e. The van der Waals surface area contributed by atoms with Crippen molar-refractivity contribution in [3.05, 3.63) is 76.5 Å². The second kappa shape index (κ2) is 7.88. The van der Waals surface area contributed by atoms with Gasteiger partial charge < -0.3 is 18.7 Å². The second-order valence-electron chi connectivity index (χ2n) is 8.54. The van der Waals surface area contributed by atoms with Crippen LogP contribution in [0.25, 0.3) is 22.4 Å². The Morgan fingerprint density at radius 3 is 2.48 bits per heavy atom. The summed E-state index contributed by atoms with van der Waals surface area (Å²) in [5.41, 5.74) is 1.96. The summed E-state index contributed by atoms with van der Waals surface area (Å²) in [6.07, 6.45) is 2.25. The molecule has 4 aromatic rings. The van der Waals surface area contributed by atoms with E-state index < -0.39 is 5.63 Å². The molecular weight excluding hydrogens is 420 g/mol. The van der Waals surface area contributed by atoms with Crippen molar-refractivity contribution < 1.29 is 13.7 Å². The minimum absolute atomic E-state index is 0.0807. The number of amides is 1. The SMILES string of the molecule is O=C(c1cc2ccccc2oc1=O)N1CCN(c2ccc(-c3noc(C4CC4)n3)cc2)CC1. The number of fused-ring (bicyclic) bond motifs is 1. The molecule has 0 spiro atoms. The summed E-state index contributed by atoms with van der Waals surface area (Å²) in [5.74, 6) is 1.50. The van der Waals surface area contributed by atoms with E-state index in [-0.39, 0.29) is 11.5 Å². The predicted molar refractivity (Wildman–Crippen MR) is 122 cm³/mol. The third-order valence-electron chi connectivity index (χ3n) is 6.30. The highest BCUT2D eigenvalue weighted by Gasteiger charge is 2.30. The number of hydrogen-bond donors (Lipinski definition) is 0. The van der Waals surface area contributed by atoms with E-state index in [0.29, 0.717) is 43.5 Å². The van der Waals surface area contributed by atoms with Crippen LogP contribution in [0, 0.1) is 0 Å². The number of rotatable bonds is 4. The second-order valence-corrected chi connectivity index (χ2v) is 8.54. The highest BCUT2D eigenvalue weighted by atomic mass is 16.5. The molecule has 33 heavy (non-hydrogen) atoms. The van der Waals surface area contributed by atoms with Crippen LogP contribution in [0.1, 0.15) is 35.0 Å². The molecule has 8 heteroatoms. The summed E-state index contributed by atoms with van der Waals surface area (Å²) in [5, 5.41) is 4.84. The fraction of sp³-hybridized carbons (Fsp3) is 0.280. The number of aromatic nitrogens is 2. The molecule has 0 bridgehead atoms. The van der Waals surface area contributed by atoms with Crippen LogP contribution in [-0.4, -0.2) is 47.1 Å². The van der Waals surface area contributed by atoms with Crippen molar-refractivity contribution in [2.24, 2.45) is 0 Å². The average Bonchev–Trinajstić information content (AvgIpc) is 3.60. The van der Waals surface area contributed by atoms with E-state index in [1.165, 1.54) is 0 Å². The Morgan fingerprint density at radius 2 is 1.73 bits per heavy atom. The van der Waals surface area contributed by atoms with Crippen LogP contribution in [0.2, 0.25) is 0 Å². The Labute approximate surface area is 189 Å². The van der Waals surface area contributed by atoms with Crippen LogP contribution in [-0.2, 0) is 0 Å². The summed E-state index contributed by atoms with van der Waals surface area (Å²) in [4.78, 5) is 33.8. The van der Waals surface area contributed by atoms with Crippen LogP contribution in [0.15, 0.2) is 68.3 Å². The van der Waals surface area contributed by atoms with E-state index in [0.717, 1.165) is 35.4 Å². The molecule has 1 aliphatic carbocycles. The zero-order valence-electron chi connectivity index (χ0n) is 17.9. The van der Waals surface area contributed by atoms with Crippen molar-refractivity contribution in [2.75, 3.05) is 31.1 Å². The van der Waals surface area contributed by atoms with Crippen molar-refractivity contribution in [3.63, 3.8) is 0 Å². The number of hydrogen-bond acceptors (Lipinski definition) is 7. The molecule has 0 atom stereocenters. The predicted octanol–water partition coefficient (Wildman–Crippen LogP) is 3.68. The van der Waals surface area contributed by atoms with Crippen LogP contribution in [0.5, 0.6) is 0 Å². The molecule has 1 aliphatic heterocycles. The fourth-order valence-corrected chi connectivity index (χ4v) is 4.22. The van der Waals surface area contributed by atoms with E-state index in [4.69, 9.17) is 8.94 Å². The van der Waals surface area contributed by atoms with Crippen molar-refractivity contribution in [1.82, 2.24) is 15.0 Å². The van der Waals surface area contributed by atoms with Gasteiger partial charge in [0, 0.05) is 48.7 Å². The van der Waals surface area contributed by atoms with Crippen molar-refractivity contribution in [1.29, 1.82) is 0 Å². The first kappa shape index (κ1) is 19.7. The minimum Gasteiger partial charge on any atom is -0.422 e. The van der Waals surface area contributed by atoms with Gasteiger partial charge in [-0.05, 0) is 49.2 Å². The topological polar surface area (TPSA) is 92.7 Å². The molecule has 8 nitrogen and oxygen atoms in total. The van der Waals surface area contributed by atoms with Crippen molar-refractivity contribution in [2.45, 2.75) is 18.8 Å². The number of anilines is 1. The Bertz CT molecular complexity index is 1380. The normalized spacial score (nSPS) is 16.4. The highest BCUT2D eigenvalue weighted by Crippen LogP contribution is 2.39. The van der Waals surface area contributed by atoms with Crippen LogP contribution in [0.3, 0.4) is 0 Å². The van der Waals surface area contributed by atoms with Gasteiger partial charge in [0.1, 0.15) is 11.1 Å². The summed E-state index contributed by atoms with van der Waals surface area (Å²) in [6, 6.07) is 16.9. The van der Waals surface area contributed by atoms with Gasteiger partial charge in [-0.25, -0.2) is 4.79 Å². The number of piperazine rings is 1. The fourth-order valence-electron chi connectivity index (χ4n) is 4.22. The number of benzene rings is 2. The maximum absolute atomic E-state index is 13.0. The molecule has 0 unspecified atom stereocenters. The maximum atomic E-state index is 13.0. The lowest BCUT2D eigenvalue weighted by atomic mass is 10.1. The molecular formula is C25H22N4O4. The monoisotopic (exact) mass is 442 g/mol. The minimum atomic E-state index is -0.594. The number of para-hydroxylation sites is 1. The van der Waals surface area contributed by atoms with Crippen LogP contribution >= 0.6 is 0 Å². The first-order chi connectivity index (χ1) is 16.2. The molecule has 1 saturated carbocycles. The number of carbonyl (C=O) groups is 1. The number of nitrogens with zero attached hydrogens (tertiary/aromatic N) is 4. The zero-order valence-corrected chi connectivity index (χ0v) is 17.9. The van der Waals surface area contributed by atoms with E-state index in [1.807, 2.05) is 36.4 Å². The Kier molecular flexibility index (Phi) is 4.71. The van der Waals surface area contributed by atoms with Gasteiger partial charge >= 0.3 is 5.63 Å². The van der Waals surface area contributed by atoms with Crippen molar-refractivity contribution in [3.8, 4) is 11.4 Å². The van der Waals surface area contributed by atoms with Gasteiger partial charge in [-0.1, -0.05) is 23.4 Å². The van der Waals surface area contributed by atoms with Gasteiger partial charge in [0.05, 0.1) is 0 Å². The summed E-state index contributed by atoms with van der Waals surface area (Å²) < 4.78 is 10.7. The Morgan fingerprint density at radius 1 is 0.970 bits per heavy atom. The Hall–Kier alpha value is -3.94. The Balaban J connectivity index is 1.13. The van der Waals surface area contributed by atoms with Crippen LogP contribution < -0.4 is 10.5 Å². The summed E-state index contributed by atoms with van der Waals surface area (Å²) in [7, 11) is 0. The summed E-state index contributed by atoms with van der Waals surface area (Å²) in [6.45, 7) is 2.42. The van der Waals surface area contributed by atoms with Gasteiger partial charge in [-0.15, -0.1) is 0 Å². The number of carbonyl (C=O) groups excluding carboxylic acids is 1. The molecule has 1 saturated heterocycles. The highest BCUT2D eigenvalue weighted by molar-refractivity contribution is 5.96. The molecule has 0 N–H and O–H groups in total. The van der Waals surface area contributed by atoms with E-state index >= 15 is 0 Å². The molecule has 6 rings (SSSR count). The maximum Gasteiger partial charge on any atom is 0.349 e. The molecule has 2 fully saturated rings. The lowest BCUT2D eigenvalue weighted by Gasteiger charge is -2.36. The van der Waals surface area contributed by atoms with E-state index in [9.17, 15) is 9.59 Å². The third-order valence-corrected chi connectivity index (χ3v) is 6.30. The third kappa shape index (κ3) is 3.77. The standard InChI is InChI=1S/C25H22N4O4/c30-24(20-15-18-3-1-2-4-21(18)32-25(20)31)29-13-11-28(12-14-29)19-9-7-16(8-10-19)22-26-23(33-27-22)17-5-6-17/h1-4,7-10,15,17H,5-6,11-14H2. The van der Waals surface area contributed by atoms with Crippen LogP contribution in [0.4, 0.5) is 5.69 Å². The van der Waals surface area contributed by atoms with Gasteiger partial charge in [0.25, 0.3) is 5.91 Å². The first-order valence-electron chi connectivity index (χ1n) is 11.2. The molecule has 2 aliphatic rings. The first-order valence-corrected chi connectivity index (χ1v) is 11.2. The zero-order chi connectivity index (χ0) is 22.4. The van der Waals surface area contributed by atoms with Gasteiger partial charge in [0.2, 0.25) is 11.7 Å². The van der Waals surface area contributed by atoms with E-state index in [1.54, 1.807) is 23.1 Å².